The Morgan fingerprint density at radius 1 is 1.14 bits per heavy atom. The predicted octanol–water partition coefficient (Wildman–Crippen LogP) is 1.18. The van der Waals surface area contributed by atoms with Crippen LogP contribution >= 0.6 is 23.8 Å². The standard InChI is InChI=1S/C14H19ClN4OS/c15-11-1-3-12(4-2-11)17-14(20)10-19-7-5-18(6-8-19)9-13(16)21/h1-4H,5-10H2,(H2,16,21)(H,17,20). The van der Waals surface area contributed by atoms with Gasteiger partial charge < -0.3 is 11.1 Å². The minimum Gasteiger partial charge on any atom is -0.392 e. The van der Waals surface area contributed by atoms with Crippen molar-refractivity contribution in [2.24, 2.45) is 5.73 Å². The zero-order valence-electron chi connectivity index (χ0n) is 11.7. The van der Waals surface area contributed by atoms with Crippen LogP contribution in [0.15, 0.2) is 24.3 Å². The fourth-order valence-corrected chi connectivity index (χ4v) is 2.57. The van der Waals surface area contributed by atoms with Crippen LogP contribution in [-0.4, -0.2) is 60.0 Å². The Hall–Kier alpha value is -1.21. The second-order valence-corrected chi connectivity index (χ2v) is 6.03. The van der Waals surface area contributed by atoms with E-state index in [0.717, 1.165) is 31.9 Å². The molecular weight excluding hydrogens is 308 g/mol. The van der Waals surface area contributed by atoms with Crippen LogP contribution in [0.1, 0.15) is 0 Å². The molecule has 1 aliphatic rings. The van der Waals surface area contributed by atoms with Gasteiger partial charge in [0.15, 0.2) is 0 Å². The Morgan fingerprint density at radius 3 is 2.19 bits per heavy atom. The molecule has 1 aliphatic heterocycles. The van der Waals surface area contributed by atoms with E-state index >= 15 is 0 Å². The number of hydrogen-bond donors (Lipinski definition) is 2. The molecule has 7 heteroatoms. The highest BCUT2D eigenvalue weighted by Crippen LogP contribution is 2.13. The van der Waals surface area contributed by atoms with E-state index in [4.69, 9.17) is 29.6 Å². The van der Waals surface area contributed by atoms with Gasteiger partial charge in [-0.15, -0.1) is 0 Å². The van der Waals surface area contributed by atoms with Gasteiger partial charge in [0.1, 0.15) is 0 Å². The second-order valence-electron chi connectivity index (χ2n) is 5.07. The van der Waals surface area contributed by atoms with Crippen molar-refractivity contribution >= 4 is 40.4 Å². The highest BCUT2D eigenvalue weighted by atomic mass is 35.5. The summed E-state index contributed by atoms with van der Waals surface area (Å²) in [7, 11) is 0. The van der Waals surface area contributed by atoms with Crippen LogP contribution in [0.2, 0.25) is 5.02 Å². The fraction of sp³-hybridized carbons (Fsp3) is 0.429. The van der Waals surface area contributed by atoms with Crippen LogP contribution < -0.4 is 11.1 Å². The zero-order valence-corrected chi connectivity index (χ0v) is 13.3. The molecule has 5 nitrogen and oxygen atoms in total. The lowest BCUT2D eigenvalue weighted by atomic mass is 10.3. The molecule has 0 bridgehead atoms. The molecule has 0 spiro atoms. The van der Waals surface area contributed by atoms with Gasteiger partial charge >= 0.3 is 0 Å². The van der Waals surface area contributed by atoms with Crippen molar-refractivity contribution < 1.29 is 4.79 Å². The van der Waals surface area contributed by atoms with Gasteiger partial charge in [-0.2, -0.15) is 0 Å². The Labute approximate surface area is 135 Å². The average molecular weight is 327 g/mol. The maximum Gasteiger partial charge on any atom is 0.238 e. The summed E-state index contributed by atoms with van der Waals surface area (Å²) in [5.74, 6) is -0.0138. The molecule has 1 aromatic carbocycles. The molecular formula is C14H19ClN4OS. The highest BCUT2D eigenvalue weighted by molar-refractivity contribution is 7.80. The number of hydrogen-bond acceptors (Lipinski definition) is 4. The van der Waals surface area contributed by atoms with E-state index in [2.05, 4.69) is 15.1 Å². The maximum atomic E-state index is 12.0. The molecule has 0 unspecified atom stereocenters. The lowest BCUT2D eigenvalue weighted by Gasteiger charge is -2.33. The van der Waals surface area contributed by atoms with Crippen LogP contribution in [-0.2, 0) is 4.79 Å². The number of thiocarbonyl (C=S) groups is 1. The van der Waals surface area contributed by atoms with E-state index in [1.807, 2.05) is 0 Å². The van der Waals surface area contributed by atoms with Crippen molar-refractivity contribution in [2.45, 2.75) is 0 Å². The van der Waals surface area contributed by atoms with Gasteiger partial charge in [-0.3, -0.25) is 14.6 Å². The average Bonchev–Trinajstić information content (AvgIpc) is 2.43. The summed E-state index contributed by atoms with van der Waals surface area (Å²) < 4.78 is 0. The second kappa shape index (κ2) is 7.70. The number of nitrogens with two attached hydrogens (primary N) is 1. The topological polar surface area (TPSA) is 61.6 Å². The van der Waals surface area contributed by atoms with Gasteiger partial charge in [0.25, 0.3) is 0 Å². The van der Waals surface area contributed by atoms with Gasteiger partial charge in [0, 0.05) is 43.4 Å². The van der Waals surface area contributed by atoms with E-state index in [1.165, 1.54) is 0 Å². The number of amides is 1. The molecule has 1 amide bonds. The summed E-state index contributed by atoms with van der Waals surface area (Å²) in [5.41, 5.74) is 6.30. The molecule has 1 aromatic rings. The molecule has 114 valence electrons. The Balaban J connectivity index is 1.74. The number of carbonyl (C=O) groups is 1. The van der Waals surface area contributed by atoms with Crippen molar-refractivity contribution in [1.82, 2.24) is 9.80 Å². The number of halogens is 1. The fourth-order valence-electron chi connectivity index (χ4n) is 2.26. The summed E-state index contributed by atoms with van der Waals surface area (Å²) in [6.07, 6.45) is 0. The molecule has 3 N–H and O–H groups in total. The number of nitrogens with one attached hydrogen (secondary N) is 1. The number of anilines is 1. The number of benzene rings is 1. The molecule has 1 saturated heterocycles. The molecule has 2 rings (SSSR count). The van der Waals surface area contributed by atoms with E-state index in [1.54, 1.807) is 24.3 Å². The van der Waals surface area contributed by atoms with Crippen molar-refractivity contribution in [3.63, 3.8) is 0 Å². The predicted molar refractivity (Wildman–Crippen MR) is 89.7 cm³/mol. The third kappa shape index (κ3) is 5.59. The normalized spacial score (nSPS) is 16.6. The molecule has 21 heavy (non-hydrogen) atoms. The molecule has 0 aliphatic carbocycles. The lowest BCUT2D eigenvalue weighted by Crippen LogP contribution is -2.50. The summed E-state index contributed by atoms with van der Waals surface area (Å²) in [5, 5.41) is 3.52. The first-order valence-electron chi connectivity index (χ1n) is 6.81. The zero-order chi connectivity index (χ0) is 15.2. The number of carbonyl (C=O) groups excluding carboxylic acids is 1. The molecule has 1 fully saturated rings. The van der Waals surface area contributed by atoms with E-state index < -0.39 is 0 Å². The molecule has 0 saturated carbocycles. The van der Waals surface area contributed by atoms with Crippen molar-refractivity contribution in [3.8, 4) is 0 Å². The van der Waals surface area contributed by atoms with Gasteiger partial charge in [0.05, 0.1) is 11.5 Å². The molecule has 1 heterocycles. The summed E-state index contributed by atoms with van der Waals surface area (Å²) in [6.45, 7) is 4.49. The molecule has 0 radical (unpaired) electrons. The third-order valence-corrected chi connectivity index (χ3v) is 3.72. The number of nitrogens with zero attached hydrogens (tertiary/aromatic N) is 2. The van der Waals surface area contributed by atoms with Gasteiger partial charge in [-0.25, -0.2) is 0 Å². The quantitative estimate of drug-likeness (QED) is 0.796. The van der Waals surface area contributed by atoms with E-state index in [9.17, 15) is 4.79 Å². The van der Waals surface area contributed by atoms with E-state index in [0.29, 0.717) is 23.1 Å². The monoisotopic (exact) mass is 326 g/mol. The minimum absolute atomic E-state index is 0.0138. The summed E-state index contributed by atoms with van der Waals surface area (Å²) in [6, 6.07) is 7.10. The first-order valence-corrected chi connectivity index (χ1v) is 7.60. The van der Waals surface area contributed by atoms with Gasteiger partial charge in [-0.1, -0.05) is 23.8 Å². The third-order valence-electron chi connectivity index (χ3n) is 3.34. The molecule has 0 aromatic heterocycles. The van der Waals surface area contributed by atoms with Crippen LogP contribution in [0, 0.1) is 0 Å². The Morgan fingerprint density at radius 2 is 1.67 bits per heavy atom. The van der Waals surface area contributed by atoms with Crippen LogP contribution in [0.4, 0.5) is 5.69 Å². The SMILES string of the molecule is NC(=S)CN1CCN(CC(=O)Nc2ccc(Cl)cc2)CC1. The smallest absolute Gasteiger partial charge is 0.238 e. The maximum absolute atomic E-state index is 12.0. The number of piperazine rings is 1. The largest absolute Gasteiger partial charge is 0.392 e. The van der Waals surface area contributed by atoms with Crippen LogP contribution in [0.3, 0.4) is 0 Å². The molecule has 0 atom stereocenters. The first-order chi connectivity index (χ1) is 10.0. The van der Waals surface area contributed by atoms with Crippen molar-refractivity contribution in [2.75, 3.05) is 44.6 Å². The van der Waals surface area contributed by atoms with Gasteiger partial charge in [-0.05, 0) is 24.3 Å². The van der Waals surface area contributed by atoms with Crippen molar-refractivity contribution in [3.05, 3.63) is 29.3 Å². The Bertz CT molecular complexity index is 500. The highest BCUT2D eigenvalue weighted by Gasteiger charge is 2.19. The lowest BCUT2D eigenvalue weighted by molar-refractivity contribution is -0.117. The van der Waals surface area contributed by atoms with Crippen molar-refractivity contribution in [1.29, 1.82) is 0 Å². The van der Waals surface area contributed by atoms with Gasteiger partial charge in [0.2, 0.25) is 5.91 Å². The van der Waals surface area contributed by atoms with Crippen LogP contribution in [0.5, 0.6) is 0 Å². The Kier molecular flexibility index (Phi) is 5.93. The van der Waals surface area contributed by atoms with E-state index in [-0.39, 0.29) is 5.91 Å². The number of rotatable bonds is 5. The van der Waals surface area contributed by atoms with Crippen LogP contribution in [0.25, 0.3) is 0 Å². The summed E-state index contributed by atoms with van der Waals surface area (Å²) in [4.78, 5) is 16.8. The first kappa shape index (κ1) is 16.2. The minimum atomic E-state index is -0.0138. The summed E-state index contributed by atoms with van der Waals surface area (Å²) >= 11 is 10.7.